The summed E-state index contributed by atoms with van der Waals surface area (Å²) in [6.07, 6.45) is 19.1. The summed E-state index contributed by atoms with van der Waals surface area (Å²) in [7, 11) is 0. The molecule has 0 atom stereocenters. The number of fused-ring (bicyclic) bond motifs is 4. The van der Waals surface area contributed by atoms with Crippen molar-refractivity contribution in [1.29, 1.82) is 0 Å². The molecule has 0 saturated carbocycles. The summed E-state index contributed by atoms with van der Waals surface area (Å²) in [5, 5.41) is 6.02. The highest BCUT2D eigenvalue weighted by molar-refractivity contribution is 7.03. The lowest BCUT2D eigenvalue weighted by Gasteiger charge is -2.03. The maximum absolute atomic E-state index is 12.7. The van der Waals surface area contributed by atoms with Crippen molar-refractivity contribution in [2.75, 3.05) is 0 Å². The molecular weight excluding hydrogens is 420 g/mol. The number of aromatic nitrogens is 2. The molecule has 0 N–H and O–H groups in total. The van der Waals surface area contributed by atoms with Crippen LogP contribution >= 0.6 is 11.5 Å². The first-order valence-electron chi connectivity index (χ1n) is 9.91. The van der Waals surface area contributed by atoms with Gasteiger partial charge < -0.3 is 0 Å². The smallest absolute Gasteiger partial charge is 0.162 e. The maximum atomic E-state index is 12.7. The van der Waals surface area contributed by atoms with Crippen LogP contribution in [-0.2, 0) is 4.79 Å². The van der Waals surface area contributed by atoms with Gasteiger partial charge in [-0.05, 0) is 79.2 Å². The van der Waals surface area contributed by atoms with Crippen molar-refractivity contribution in [2.24, 2.45) is 20.0 Å². The Morgan fingerprint density at radius 3 is 1.91 bits per heavy atom. The molecule has 0 unspecified atom stereocenters. The van der Waals surface area contributed by atoms with E-state index in [1.807, 2.05) is 66.1 Å². The lowest BCUT2D eigenvalue weighted by atomic mass is 9.98. The summed E-state index contributed by atoms with van der Waals surface area (Å²) in [6.45, 7) is 1.54. The van der Waals surface area contributed by atoms with Crippen LogP contribution in [0.4, 0.5) is 0 Å². The molecule has 7 nitrogen and oxygen atoms in total. The first-order chi connectivity index (χ1) is 15.6. The van der Waals surface area contributed by atoms with Gasteiger partial charge in [-0.2, -0.15) is 0 Å². The zero-order valence-electron chi connectivity index (χ0n) is 16.9. The minimum Gasteiger partial charge on any atom is -0.294 e. The molecule has 32 heavy (non-hydrogen) atoms. The number of hydrogen-bond donors (Lipinski definition) is 0. The molecule has 0 aromatic carbocycles. The number of aliphatic imine (C=N–C) groups is 4. The summed E-state index contributed by atoms with van der Waals surface area (Å²) in [5.74, 6) is -0.0969. The molecule has 5 aliphatic heterocycles. The number of carbonyl (C=O) groups excluding carboxylic acids is 1. The van der Waals surface area contributed by atoms with Crippen LogP contribution in [0.3, 0.4) is 0 Å². The number of allylic oxidation sites excluding steroid dienone is 12. The third-order valence-electron chi connectivity index (χ3n) is 5.18. The Morgan fingerprint density at radius 1 is 0.750 bits per heavy atom. The molecule has 1 aromatic heterocycles. The van der Waals surface area contributed by atoms with Gasteiger partial charge in [0.15, 0.2) is 5.78 Å². The highest BCUT2D eigenvalue weighted by atomic mass is 32.1. The van der Waals surface area contributed by atoms with Crippen molar-refractivity contribution in [3.63, 3.8) is 0 Å². The molecule has 152 valence electrons. The van der Waals surface area contributed by atoms with Crippen LogP contribution in [0.25, 0.3) is 5.57 Å². The molecule has 0 fully saturated rings. The van der Waals surface area contributed by atoms with E-state index in [-0.39, 0.29) is 5.78 Å². The molecule has 0 saturated heterocycles. The summed E-state index contributed by atoms with van der Waals surface area (Å²) < 4.78 is 3.98. The Balaban J connectivity index is 1.59. The monoisotopic (exact) mass is 434 g/mol. The second-order valence-electron chi connectivity index (χ2n) is 7.44. The van der Waals surface area contributed by atoms with E-state index in [1.54, 1.807) is 0 Å². The highest BCUT2D eigenvalue weighted by Crippen LogP contribution is 2.34. The zero-order valence-corrected chi connectivity index (χ0v) is 17.7. The van der Waals surface area contributed by atoms with Gasteiger partial charge in [-0.3, -0.25) is 4.79 Å². The van der Waals surface area contributed by atoms with E-state index in [0.717, 1.165) is 28.5 Å². The number of Topliss-reactive ketones (excluding diaryl/α,β-unsaturated/α-hetero) is 1. The zero-order chi connectivity index (χ0) is 21.7. The largest absolute Gasteiger partial charge is 0.294 e. The third kappa shape index (κ3) is 3.27. The molecule has 0 amide bonds. The van der Waals surface area contributed by atoms with Crippen LogP contribution in [-0.4, -0.2) is 38.2 Å². The summed E-state index contributed by atoms with van der Waals surface area (Å²) in [5.41, 5.74) is 7.63. The molecule has 8 bridgehead atoms. The molecule has 5 aliphatic rings. The molecule has 6 rings (SSSR count). The van der Waals surface area contributed by atoms with Crippen molar-refractivity contribution in [2.45, 2.75) is 6.92 Å². The minimum atomic E-state index is -0.0969. The fraction of sp³-hybridized carbons (Fsp3) is 0.0417. The first kappa shape index (κ1) is 18.6. The summed E-state index contributed by atoms with van der Waals surface area (Å²) in [6, 6.07) is 0. The van der Waals surface area contributed by atoms with Gasteiger partial charge in [0.1, 0.15) is 5.69 Å². The van der Waals surface area contributed by atoms with E-state index in [2.05, 4.69) is 24.6 Å². The number of ketones is 1. The van der Waals surface area contributed by atoms with Gasteiger partial charge in [0.05, 0.1) is 51.2 Å². The Morgan fingerprint density at radius 2 is 1.34 bits per heavy atom. The van der Waals surface area contributed by atoms with E-state index in [4.69, 9.17) is 4.99 Å². The molecule has 0 aliphatic carbocycles. The lowest BCUT2D eigenvalue weighted by molar-refractivity contribution is -0.113. The van der Waals surface area contributed by atoms with E-state index in [9.17, 15) is 4.79 Å². The number of hydrogen-bond acceptors (Lipinski definition) is 8. The summed E-state index contributed by atoms with van der Waals surface area (Å²) >= 11 is 1.23. The second kappa shape index (κ2) is 7.21. The van der Waals surface area contributed by atoms with Crippen LogP contribution in [0.15, 0.2) is 114 Å². The number of rotatable bonds is 2. The molecule has 0 radical (unpaired) electrons. The molecule has 6 heterocycles. The molecule has 0 spiro atoms. The van der Waals surface area contributed by atoms with Gasteiger partial charge in [0.25, 0.3) is 0 Å². The lowest BCUT2D eigenvalue weighted by Crippen LogP contribution is -2.04. The predicted molar refractivity (Wildman–Crippen MR) is 127 cm³/mol. The Bertz CT molecular complexity index is 1460. The normalized spacial score (nSPS) is 20.5. The maximum Gasteiger partial charge on any atom is 0.162 e. The van der Waals surface area contributed by atoms with E-state index in [0.29, 0.717) is 34.0 Å². The van der Waals surface area contributed by atoms with Gasteiger partial charge in [-0.1, -0.05) is 4.49 Å². The second-order valence-corrected chi connectivity index (χ2v) is 8.05. The number of carbonyl (C=O) groups is 1. The Hall–Kier alpha value is -4.17. The SMILES string of the molecule is CC(=O)C1=C(c2csnn2)C2=NC1=CC1=NC(=CC3=NC(=CC4=NC(=C2)C=C4)C=C3)C=C1. The van der Waals surface area contributed by atoms with Crippen LogP contribution in [0.2, 0.25) is 0 Å². The fourth-order valence-corrected chi connectivity index (χ4v) is 4.29. The molecular formula is C24H14N6OS. The molecule has 1 aromatic rings. The Labute approximate surface area is 187 Å². The highest BCUT2D eigenvalue weighted by Gasteiger charge is 2.29. The van der Waals surface area contributed by atoms with Crippen molar-refractivity contribution in [1.82, 2.24) is 9.59 Å². The van der Waals surface area contributed by atoms with Crippen LogP contribution in [0, 0.1) is 0 Å². The minimum absolute atomic E-state index is 0.0969. The third-order valence-corrected chi connectivity index (χ3v) is 5.69. The van der Waals surface area contributed by atoms with Crippen molar-refractivity contribution in [3.8, 4) is 0 Å². The van der Waals surface area contributed by atoms with Gasteiger partial charge >= 0.3 is 0 Å². The van der Waals surface area contributed by atoms with Gasteiger partial charge in [-0.15, -0.1) is 5.10 Å². The summed E-state index contributed by atoms with van der Waals surface area (Å²) in [4.78, 5) is 31.4. The number of nitrogens with zero attached hydrogens (tertiary/aromatic N) is 6. The van der Waals surface area contributed by atoms with Crippen molar-refractivity contribution >= 4 is 45.7 Å². The first-order valence-corrected chi connectivity index (χ1v) is 10.8. The van der Waals surface area contributed by atoms with Crippen molar-refractivity contribution < 1.29 is 4.79 Å². The van der Waals surface area contributed by atoms with Gasteiger partial charge in [0, 0.05) is 11.0 Å². The molecule has 8 heteroatoms. The average Bonchev–Trinajstić information content (AvgIpc) is 3.55. The topological polar surface area (TPSA) is 92.3 Å². The van der Waals surface area contributed by atoms with Crippen LogP contribution in [0.1, 0.15) is 12.6 Å². The van der Waals surface area contributed by atoms with Gasteiger partial charge in [-0.25, -0.2) is 20.0 Å². The van der Waals surface area contributed by atoms with Crippen molar-refractivity contribution in [3.05, 3.63) is 100 Å². The van der Waals surface area contributed by atoms with Crippen LogP contribution in [0.5, 0.6) is 0 Å². The Kier molecular flexibility index (Phi) is 4.19. The van der Waals surface area contributed by atoms with E-state index < -0.39 is 0 Å². The van der Waals surface area contributed by atoms with Gasteiger partial charge in [0.2, 0.25) is 0 Å². The average molecular weight is 434 g/mol. The predicted octanol–water partition coefficient (Wildman–Crippen LogP) is 3.92. The standard InChI is InChI=1S/C24H14N6OS/c1-13(31)23-20-10-18-6-4-16(26-18)8-14-2-3-15(25-14)9-17-5-7-19(27-17)11-21(28-20)24(23)22-12-32-30-29-22/h2-12H,1H3. The van der Waals surface area contributed by atoms with E-state index in [1.165, 1.54) is 18.5 Å². The van der Waals surface area contributed by atoms with E-state index >= 15 is 0 Å². The fourth-order valence-electron chi connectivity index (χ4n) is 3.84. The quantitative estimate of drug-likeness (QED) is 0.706. The van der Waals surface area contributed by atoms with Crippen LogP contribution < -0.4 is 0 Å².